The molecular formula is C15H20N6. The van der Waals surface area contributed by atoms with Crippen molar-refractivity contribution in [3.8, 4) is 17.2 Å². The van der Waals surface area contributed by atoms with E-state index in [2.05, 4.69) is 43.4 Å². The molecule has 0 saturated heterocycles. The SMILES string of the molecule is CCCn1nc(C)c(-n2ccnc2-c2cc(C)[nH]n2)c1C. The van der Waals surface area contributed by atoms with Crippen molar-refractivity contribution < 1.29 is 0 Å². The molecule has 0 aromatic carbocycles. The van der Waals surface area contributed by atoms with Gasteiger partial charge < -0.3 is 0 Å². The zero-order chi connectivity index (χ0) is 15.0. The third-order valence-corrected chi connectivity index (χ3v) is 3.60. The van der Waals surface area contributed by atoms with Crippen LogP contribution < -0.4 is 0 Å². The lowest BCUT2D eigenvalue weighted by molar-refractivity contribution is 0.583. The maximum atomic E-state index is 4.64. The van der Waals surface area contributed by atoms with E-state index in [9.17, 15) is 0 Å². The van der Waals surface area contributed by atoms with Crippen LogP contribution in [0.3, 0.4) is 0 Å². The Morgan fingerprint density at radius 3 is 2.71 bits per heavy atom. The van der Waals surface area contributed by atoms with Gasteiger partial charge >= 0.3 is 0 Å². The zero-order valence-corrected chi connectivity index (χ0v) is 12.9. The van der Waals surface area contributed by atoms with Gasteiger partial charge in [-0.15, -0.1) is 0 Å². The molecule has 0 aliphatic heterocycles. The molecule has 0 aliphatic rings. The molecule has 3 aromatic rings. The van der Waals surface area contributed by atoms with E-state index in [-0.39, 0.29) is 0 Å². The molecule has 0 saturated carbocycles. The predicted molar refractivity (Wildman–Crippen MR) is 81.4 cm³/mol. The summed E-state index contributed by atoms with van der Waals surface area (Å²) in [5.74, 6) is 0.835. The Morgan fingerprint density at radius 1 is 1.24 bits per heavy atom. The monoisotopic (exact) mass is 284 g/mol. The van der Waals surface area contributed by atoms with Crippen LogP contribution in [0.1, 0.15) is 30.4 Å². The van der Waals surface area contributed by atoms with Crippen LogP contribution in [0, 0.1) is 20.8 Å². The highest BCUT2D eigenvalue weighted by Gasteiger charge is 2.17. The van der Waals surface area contributed by atoms with Crippen LogP contribution in [0.4, 0.5) is 0 Å². The summed E-state index contributed by atoms with van der Waals surface area (Å²) in [6, 6.07) is 2.00. The van der Waals surface area contributed by atoms with Crippen molar-refractivity contribution >= 4 is 0 Å². The second-order valence-electron chi connectivity index (χ2n) is 5.30. The first-order valence-corrected chi connectivity index (χ1v) is 7.22. The number of imidazole rings is 1. The summed E-state index contributed by atoms with van der Waals surface area (Å²) in [4.78, 5) is 4.46. The van der Waals surface area contributed by atoms with Gasteiger partial charge in [-0.2, -0.15) is 10.2 Å². The summed E-state index contributed by atoms with van der Waals surface area (Å²) < 4.78 is 4.13. The second-order valence-corrected chi connectivity index (χ2v) is 5.30. The van der Waals surface area contributed by atoms with Gasteiger partial charge in [0.05, 0.1) is 17.1 Å². The molecule has 3 rings (SSSR count). The maximum absolute atomic E-state index is 4.64. The lowest BCUT2D eigenvalue weighted by Crippen LogP contribution is -2.03. The van der Waals surface area contributed by atoms with Crippen molar-refractivity contribution in [1.29, 1.82) is 0 Å². The van der Waals surface area contributed by atoms with E-state index in [1.165, 1.54) is 0 Å². The van der Waals surface area contributed by atoms with Gasteiger partial charge in [-0.25, -0.2) is 4.98 Å². The summed E-state index contributed by atoms with van der Waals surface area (Å²) in [6.45, 7) is 9.21. The number of nitrogens with zero attached hydrogens (tertiary/aromatic N) is 5. The highest BCUT2D eigenvalue weighted by molar-refractivity contribution is 5.56. The van der Waals surface area contributed by atoms with E-state index in [1.54, 1.807) is 6.20 Å². The molecule has 0 radical (unpaired) electrons. The maximum Gasteiger partial charge on any atom is 0.165 e. The van der Waals surface area contributed by atoms with Crippen LogP contribution in [-0.4, -0.2) is 29.5 Å². The van der Waals surface area contributed by atoms with Crippen molar-refractivity contribution in [2.45, 2.75) is 40.7 Å². The molecule has 6 nitrogen and oxygen atoms in total. The highest BCUT2D eigenvalue weighted by atomic mass is 15.3. The largest absolute Gasteiger partial charge is 0.295 e. The molecule has 6 heteroatoms. The fraction of sp³-hybridized carbons (Fsp3) is 0.400. The van der Waals surface area contributed by atoms with Gasteiger partial charge in [0.1, 0.15) is 5.69 Å². The predicted octanol–water partition coefficient (Wildman–Crippen LogP) is 2.79. The molecule has 0 bridgehead atoms. The third-order valence-electron chi connectivity index (χ3n) is 3.60. The van der Waals surface area contributed by atoms with Gasteiger partial charge in [0.25, 0.3) is 0 Å². The average molecular weight is 284 g/mol. The Morgan fingerprint density at radius 2 is 2.05 bits per heavy atom. The van der Waals surface area contributed by atoms with E-state index < -0.39 is 0 Å². The number of hydrogen-bond acceptors (Lipinski definition) is 3. The molecular weight excluding hydrogens is 264 g/mol. The zero-order valence-electron chi connectivity index (χ0n) is 12.9. The normalized spacial score (nSPS) is 11.2. The van der Waals surface area contributed by atoms with Crippen molar-refractivity contribution in [2.75, 3.05) is 0 Å². The van der Waals surface area contributed by atoms with Gasteiger partial charge in [-0.1, -0.05) is 6.92 Å². The molecule has 0 spiro atoms. The van der Waals surface area contributed by atoms with E-state index in [1.807, 2.05) is 26.1 Å². The smallest absolute Gasteiger partial charge is 0.165 e. The van der Waals surface area contributed by atoms with Crippen molar-refractivity contribution in [3.05, 3.63) is 35.5 Å². The van der Waals surface area contributed by atoms with Gasteiger partial charge in [-0.3, -0.25) is 14.3 Å². The number of nitrogens with one attached hydrogen (secondary N) is 1. The Labute approximate surface area is 123 Å². The first kappa shape index (κ1) is 13.6. The summed E-state index contributed by atoms with van der Waals surface area (Å²) in [5, 5.41) is 11.9. The van der Waals surface area contributed by atoms with Crippen molar-refractivity contribution in [2.24, 2.45) is 0 Å². The van der Waals surface area contributed by atoms with E-state index in [0.29, 0.717) is 0 Å². The van der Waals surface area contributed by atoms with E-state index in [4.69, 9.17) is 0 Å². The summed E-state index contributed by atoms with van der Waals surface area (Å²) in [7, 11) is 0. The van der Waals surface area contributed by atoms with Crippen LogP contribution in [0.25, 0.3) is 17.2 Å². The number of aryl methyl sites for hydroxylation is 3. The third kappa shape index (κ3) is 2.26. The Kier molecular flexibility index (Phi) is 3.37. The van der Waals surface area contributed by atoms with Gasteiger partial charge in [0.2, 0.25) is 0 Å². The van der Waals surface area contributed by atoms with Crippen LogP contribution in [-0.2, 0) is 6.54 Å². The Bertz CT molecular complexity index is 761. The molecule has 110 valence electrons. The van der Waals surface area contributed by atoms with Gasteiger partial charge in [0, 0.05) is 24.6 Å². The Balaban J connectivity index is 2.12. The van der Waals surface area contributed by atoms with Gasteiger partial charge in [-0.05, 0) is 33.3 Å². The molecule has 3 heterocycles. The fourth-order valence-corrected chi connectivity index (χ4v) is 2.67. The molecule has 0 aliphatic carbocycles. The number of hydrogen-bond donors (Lipinski definition) is 1. The summed E-state index contributed by atoms with van der Waals surface area (Å²) >= 11 is 0. The number of H-pyrrole nitrogens is 1. The van der Waals surface area contributed by atoms with Crippen LogP contribution in [0.2, 0.25) is 0 Å². The van der Waals surface area contributed by atoms with Crippen LogP contribution in [0.5, 0.6) is 0 Å². The average Bonchev–Trinajstić information content (AvgIpc) is 3.12. The highest BCUT2D eigenvalue weighted by Crippen LogP contribution is 2.25. The lowest BCUT2D eigenvalue weighted by Gasteiger charge is -2.07. The number of aromatic nitrogens is 6. The van der Waals surface area contributed by atoms with Crippen LogP contribution in [0.15, 0.2) is 18.5 Å². The molecule has 0 fully saturated rings. The second kappa shape index (κ2) is 5.20. The number of aromatic amines is 1. The molecule has 3 aromatic heterocycles. The molecule has 0 atom stereocenters. The van der Waals surface area contributed by atoms with Crippen molar-refractivity contribution in [3.63, 3.8) is 0 Å². The topological polar surface area (TPSA) is 64.3 Å². The Hall–Kier alpha value is -2.37. The molecule has 21 heavy (non-hydrogen) atoms. The lowest BCUT2D eigenvalue weighted by atomic mass is 10.3. The fourth-order valence-electron chi connectivity index (χ4n) is 2.67. The minimum Gasteiger partial charge on any atom is -0.295 e. The molecule has 1 N–H and O–H groups in total. The van der Waals surface area contributed by atoms with E-state index >= 15 is 0 Å². The minimum atomic E-state index is 0.835. The standard InChI is InChI=1S/C15H20N6/c1-5-7-21-12(4)14(11(3)19-21)20-8-6-16-15(20)13-9-10(2)17-18-13/h6,8-9H,5,7H2,1-4H3,(H,17,18). The van der Waals surface area contributed by atoms with Crippen molar-refractivity contribution in [1.82, 2.24) is 29.5 Å². The molecule has 0 unspecified atom stereocenters. The van der Waals surface area contributed by atoms with Gasteiger partial charge in [0.15, 0.2) is 5.82 Å². The number of rotatable bonds is 4. The molecule has 0 amide bonds. The minimum absolute atomic E-state index is 0.835. The quantitative estimate of drug-likeness (QED) is 0.801. The summed E-state index contributed by atoms with van der Waals surface area (Å²) in [6.07, 6.45) is 4.83. The van der Waals surface area contributed by atoms with E-state index in [0.717, 1.165) is 47.3 Å². The first-order valence-electron chi connectivity index (χ1n) is 7.22. The first-order chi connectivity index (χ1) is 10.1. The summed E-state index contributed by atoms with van der Waals surface area (Å²) in [5.41, 5.74) is 5.12. The van der Waals surface area contributed by atoms with Crippen LogP contribution >= 0.6 is 0 Å².